The molecule has 0 saturated carbocycles. The maximum atomic E-state index is 12.5. The molecule has 4 aromatic rings. The lowest BCUT2D eigenvalue weighted by Gasteiger charge is -2.03. The first-order valence-electron chi connectivity index (χ1n) is 8.89. The van der Waals surface area contributed by atoms with Gasteiger partial charge >= 0.3 is 5.69 Å². The first-order chi connectivity index (χ1) is 13.9. The second-order valence-electron chi connectivity index (χ2n) is 6.44. The van der Waals surface area contributed by atoms with Gasteiger partial charge in [0, 0.05) is 25.0 Å². The van der Waals surface area contributed by atoms with Gasteiger partial charge in [-0.2, -0.15) is 10.2 Å². The van der Waals surface area contributed by atoms with E-state index in [-0.39, 0.29) is 23.0 Å². The Kier molecular flexibility index (Phi) is 4.51. The number of benzene rings is 1. The quantitative estimate of drug-likeness (QED) is 0.412. The van der Waals surface area contributed by atoms with Gasteiger partial charge in [0.1, 0.15) is 11.9 Å². The van der Waals surface area contributed by atoms with Crippen LogP contribution in [0.5, 0.6) is 0 Å². The van der Waals surface area contributed by atoms with Gasteiger partial charge in [0.2, 0.25) is 0 Å². The lowest BCUT2D eigenvalue weighted by atomic mass is 10.1. The highest BCUT2D eigenvalue weighted by Crippen LogP contribution is 2.26. The first kappa shape index (κ1) is 18.3. The summed E-state index contributed by atoms with van der Waals surface area (Å²) in [6, 6.07) is 10.7. The zero-order valence-electron chi connectivity index (χ0n) is 15.7. The molecule has 10 heteroatoms. The maximum absolute atomic E-state index is 12.5. The average molecular weight is 391 g/mol. The number of fused-ring (bicyclic) bond motifs is 1. The molecule has 0 radical (unpaired) electrons. The zero-order valence-corrected chi connectivity index (χ0v) is 15.7. The smallest absolute Gasteiger partial charge is 0.316 e. The van der Waals surface area contributed by atoms with E-state index < -0.39 is 4.92 Å². The zero-order chi connectivity index (χ0) is 20.5. The molecule has 1 aromatic carbocycles. The van der Waals surface area contributed by atoms with E-state index in [1.807, 2.05) is 24.3 Å². The molecule has 0 saturated heterocycles. The number of aryl methyl sites for hydroxylation is 2. The molecule has 0 spiro atoms. The Balaban J connectivity index is 1.63. The molecule has 146 valence electrons. The predicted molar refractivity (Wildman–Crippen MR) is 106 cm³/mol. The van der Waals surface area contributed by atoms with Gasteiger partial charge in [0.15, 0.2) is 17.0 Å². The summed E-state index contributed by atoms with van der Waals surface area (Å²) in [4.78, 5) is 27.6. The summed E-state index contributed by atoms with van der Waals surface area (Å²) in [6.45, 7) is 2.06. The molecule has 10 nitrogen and oxygen atoms in total. The Bertz CT molecular complexity index is 1220. The molecule has 0 aliphatic rings. The molecule has 29 heavy (non-hydrogen) atoms. The number of carbonyl (C=O) groups excluding carboxylic acids is 1. The van der Waals surface area contributed by atoms with Crippen molar-refractivity contribution in [3.8, 4) is 11.4 Å². The largest absolute Gasteiger partial charge is 0.321 e. The Hall–Kier alpha value is -4.08. The van der Waals surface area contributed by atoms with Crippen molar-refractivity contribution >= 4 is 22.9 Å². The normalized spacial score (nSPS) is 11.0. The topological polar surface area (TPSA) is 120 Å². The minimum Gasteiger partial charge on any atom is -0.321 e. The second kappa shape index (κ2) is 7.15. The number of hydrogen-bond acceptors (Lipinski definition) is 6. The summed E-state index contributed by atoms with van der Waals surface area (Å²) >= 11 is 0. The summed E-state index contributed by atoms with van der Waals surface area (Å²) in [5, 5.41) is 22.4. The van der Waals surface area contributed by atoms with E-state index in [1.165, 1.54) is 27.0 Å². The van der Waals surface area contributed by atoms with Gasteiger partial charge in [-0.15, -0.1) is 0 Å². The molecule has 4 rings (SSSR count). The van der Waals surface area contributed by atoms with Gasteiger partial charge in [0.25, 0.3) is 5.91 Å². The van der Waals surface area contributed by atoms with E-state index in [4.69, 9.17) is 0 Å². The van der Waals surface area contributed by atoms with Crippen LogP contribution in [0, 0.1) is 10.1 Å². The van der Waals surface area contributed by atoms with Crippen LogP contribution in [0.2, 0.25) is 0 Å². The van der Waals surface area contributed by atoms with Crippen LogP contribution in [-0.2, 0) is 13.5 Å². The number of hydrogen-bond donors (Lipinski definition) is 1. The number of anilines is 1. The number of carbonyl (C=O) groups is 1. The highest BCUT2D eigenvalue weighted by molar-refractivity contribution is 6.03. The molecule has 0 bridgehead atoms. The van der Waals surface area contributed by atoms with Crippen LogP contribution < -0.4 is 5.32 Å². The molecule has 0 aliphatic carbocycles. The molecular weight excluding hydrogens is 374 g/mol. The number of nitrogens with zero attached hydrogens (tertiary/aromatic N) is 6. The van der Waals surface area contributed by atoms with E-state index in [0.717, 1.165) is 6.42 Å². The summed E-state index contributed by atoms with van der Waals surface area (Å²) in [5.41, 5.74) is 2.75. The van der Waals surface area contributed by atoms with E-state index in [2.05, 4.69) is 27.4 Å². The van der Waals surface area contributed by atoms with Gasteiger partial charge in [0.05, 0.1) is 4.92 Å². The van der Waals surface area contributed by atoms with Crippen molar-refractivity contribution in [2.75, 3.05) is 5.32 Å². The Morgan fingerprint density at radius 2 is 1.97 bits per heavy atom. The third-order valence-electron chi connectivity index (χ3n) is 4.43. The molecule has 0 fully saturated rings. The van der Waals surface area contributed by atoms with Crippen molar-refractivity contribution in [2.45, 2.75) is 13.3 Å². The van der Waals surface area contributed by atoms with Crippen molar-refractivity contribution < 1.29 is 9.72 Å². The number of nitro groups is 1. The summed E-state index contributed by atoms with van der Waals surface area (Å²) in [7, 11) is 1.60. The molecule has 0 aliphatic heterocycles. The number of aromatic nitrogens is 5. The van der Waals surface area contributed by atoms with Gasteiger partial charge in [-0.3, -0.25) is 19.6 Å². The summed E-state index contributed by atoms with van der Waals surface area (Å²) in [6.07, 6.45) is 3.83. The second-order valence-corrected chi connectivity index (χ2v) is 6.44. The van der Waals surface area contributed by atoms with E-state index in [9.17, 15) is 14.9 Å². The van der Waals surface area contributed by atoms with E-state index in [0.29, 0.717) is 17.0 Å². The SMILES string of the molecule is CCc1ccc(NC(=O)c2cc3nc(-c4nn(C)cc4[N+](=O)[O-])ccn3n2)cc1. The van der Waals surface area contributed by atoms with Crippen molar-refractivity contribution in [3.63, 3.8) is 0 Å². The Labute approximate surface area is 165 Å². The highest BCUT2D eigenvalue weighted by Gasteiger charge is 2.22. The predicted octanol–water partition coefficient (Wildman–Crippen LogP) is 2.85. The summed E-state index contributed by atoms with van der Waals surface area (Å²) in [5.74, 6) is -0.370. The minimum atomic E-state index is -0.507. The first-order valence-corrected chi connectivity index (χ1v) is 8.89. The van der Waals surface area contributed by atoms with Crippen LogP contribution in [0.15, 0.2) is 48.8 Å². The molecule has 1 N–H and O–H groups in total. The van der Waals surface area contributed by atoms with Gasteiger partial charge in [-0.05, 0) is 30.2 Å². The molecular formula is C19H17N7O3. The molecule has 0 unspecified atom stereocenters. The van der Waals surface area contributed by atoms with Crippen molar-refractivity contribution in [1.82, 2.24) is 24.4 Å². The van der Waals surface area contributed by atoms with Gasteiger partial charge in [-0.1, -0.05) is 19.1 Å². The van der Waals surface area contributed by atoms with Crippen LogP contribution in [0.1, 0.15) is 23.0 Å². The lowest BCUT2D eigenvalue weighted by molar-refractivity contribution is -0.384. The van der Waals surface area contributed by atoms with Crippen LogP contribution in [0.3, 0.4) is 0 Å². The fourth-order valence-electron chi connectivity index (χ4n) is 2.93. The maximum Gasteiger partial charge on any atom is 0.316 e. The molecule has 3 heterocycles. The van der Waals surface area contributed by atoms with Crippen molar-refractivity contribution in [2.24, 2.45) is 7.05 Å². The lowest BCUT2D eigenvalue weighted by Crippen LogP contribution is -2.12. The van der Waals surface area contributed by atoms with Crippen LogP contribution >= 0.6 is 0 Å². The third-order valence-corrected chi connectivity index (χ3v) is 4.43. The molecule has 0 atom stereocenters. The van der Waals surface area contributed by atoms with Crippen molar-refractivity contribution in [3.05, 3.63) is 70.2 Å². The number of amides is 1. The van der Waals surface area contributed by atoms with Gasteiger partial charge < -0.3 is 5.32 Å². The molecule has 1 amide bonds. The highest BCUT2D eigenvalue weighted by atomic mass is 16.6. The Morgan fingerprint density at radius 3 is 2.66 bits per heavy atom. The van der Waals surface area contributed by atoms with E-state index >= 15 is 0 Å². The summed E-state index contributed by atoms with van der Waals surface area (Å²) < 4.78 is 2.80. The van der Waals surface area contributed by atoms with Crippen LogP contribution in [0.4, 0.5) is 11.4 Å². The third kappa shape index (κ3) is 3.55. The monoisotopic (exact) mass is 391 g/mol. The minimum absolute atomic E-state index is 0.141. The Morgan fingerprint density at radius 1 is 1.21 bits per heavy atom. The van der Waals surface area contributed by atoms with E-state index in [1.54, 1.807) is 19.3 Å². The average Bonchev–Trinajstić information content (AvgIpc) is 3.31. The van der Waals surface area contributed by atoms with Gasteiger partial charge in [-0.25, -0.2) is 9.50 Å². The van der Waals surface area contributed by atoms with Crippen LogP contribution in [-0.4, -0.2) is 35.2 Å². The fourth-order valence-corrected chi connectivity index (χ4v) is 2.93. The fraction of sp³-hybridized carbons (Fsp3) is 0.158. The standard InChI is InChI=1S/C19H17N7O3/c1-3-12-4-6-13(7-5-12)20-19(27)15-10-17-21-14(8-9-25(17)22-15)18-16(26(28)29)11-24(2)23-18/h4-11H,3H2,1-2H3,(H,20,27). The van der Waals surface area contributed by atoms with Crippen molar-refractivity contribution in [1.29, 1.82) is 0 Å². The number of nitrogens with one attached hydrogen (secondary N) is 1. The van der Waals surface area contributed by atoms with Crippen LogP contribution in [0.25, 0.3) is 17.0 Å². The molecule has 3 aromatic heterocycles. The number of rotatable bonds is 5.